The highest BCUT2D eigenvalue weighted by atomic mass is 32.2. The van der Waals surface area contributed by atoms with Crippen LogP contribution in [0.1, 0.15) is 86.2 Å². The number of carbonyl (C=O) groups excluding carboxylic acids is 2. The standard InChI is InChI=1S/C29H22F4N2O3.C28H21F4N3O3S/c30-16-11-19(27(33)22(32)12-16)26-21(31)6-5-18-25(15-7-9-37-14-15)20(13-34-28(18)26)29(36)35-23-8-10-38-24-4-2-1-3-17(23)24;29-15-9-18(26(32)21(31)10-15)25-20(30)6-5-17-24(14-12-39(33,37)13-14)19(11-34-27(17)25)28(36)35-22-7-8-38-23-4-2-1-3-16(22)23/h1-6,11-13,15,23H,7-10,14H2,(H,35,36);1-6,9-11,14,22,33H,7-8,12-13H2,(H,35,36). The maximum absolute atomic E-state index is 15.1. The Morgan fingerprint density at radius 1 is 0.558 bits per heavy atom. The number of pyridine rings is 2. The second-order valence-corrected chi connectivity index (χ2v) is 21.4. The predicted octanol–water partition coefficient (Wildman–Crippen LogP) is 12.1. The Balaban J connectivity index is 0.000000164. The van der Waals surface area contributed by atoms with Gasteiger partial charge in [-0.2, -0.15) is 0 Å². The summed E-state index contributed by atoms with van der Waals surface area (Å²) < 4.78 is 153. The smallest absolute Gasteiger partial charge is 0.253 e. The fourth-order valence-electron chi connectivity index (χ4n) is 10.7. The van der Waals surface area contributed by atoms with Crippen LogP contribution in [0.2, 0.25) is 0 Å². The summed E-state index contributed by atoms with van der Waals surface area (Å²) in [6.07, 6.45) is 4.22. The molecule has 8 aromatic rings. The molecule has 394 valence electrons. The first-order valence-electron chi connectivity index (χ1n) is 24.4. The molecule has 2 amide bonds. The summed E-state index contributed by atoms with van der Waals surface area (Å²) in [5, 5.41) is 6.70. The largest absolute Gasteiger partial charge is 0.493 e. The van der Waals surface area contributed by atoms with E-state index in [1.165, 1.54) is 24.5 Å². The number of carbonyl (C=O) groups is 2. The van der Waals surface area contributed by atoms with Gasteiger partial charge in [-0.25, -0.2) is 39.3 Å². The molecular weight excluding hydrogens is 1030 g/mol. The van der Waals surface area contributed by atoms with E-state index in [9.17, 15) is 40.1 Å². The molecular formula is C57H43F8N5O6S. The number of para-hydroxylation sites is 2. The quantitative estimate of drug-likeness (QED) is 0.100. The average molecular weight is 1080 g/mol. The normalized spacial score (nSPS) is 20.4. The van der Waals surface area contributed by atoms with Gasteiger partial charge in [0.2, 0.25) is 0 Å². The van der Waals surface area contributed by atoms with Crippen LogP contribution in [0.15, 0.2) is 109 Å². The van der Waals surface area contributed by atoms with Crippen LogP contribution in [-0.2, 0) is 14.5 Å². The SMILES string of the molecule is N=S1(=O)CC(c2c(C(=O)NC3CCOc4ccccc43)cnc3c(-c4cc(F)cc(F)c4F)c(F)ccc23)C1.O=C(NC1CCOc2ccccc21)c1cnc2c(-c3cc(F)cc(F)c3F)c(F)ccc2c1C1CCOC1. The first kappa shape index (κ1) is 51.2. The Morgan fingerprint density at radius 3 is 1.45 bits per heavy atom. The lowest BCUT2D eigenvalue weighted by Crippen LogP contribution is -2.37. The van der Waals surface area contributed by atoms with Crippen molar-refractivity contribution in [2.24, 2.45) is 0 Å². The monoisotopic (exact) mass is 1080 g/mol. The van der Waals surface area contributed by atoms with E-state index in [1.54, 1.807) is 6.07 Å². The summed E-state index contributed by atoms with van der Waals surface area (Å²) in [6, 6.07) is 21.2. The highest BCUT2D eigenvalue weighted by Crippen LogP contribution is 2.43. The summed E-state index contributed by atoms with van der Waals surface area (Å²) >= 11 is 0. The van der Waals surface area contributed by atoms with Crippen molar-refractivity contribution in [2.75, 3.05) is 37.9 Å². The number of nitrogens with zero attached hydrogens (tertiary/aromatic N) is 2. The second-order valence-electron chi connectivity index (χ2n) is 19.1. The maximum Gasteiger partial charge on any atom is 0.253 e. The minimum Gasteiger partial charge on any atom is -0.493 e. The lowest BCUT2D eigenvalue weighted by atomic mass is 9.88. The van der Waals surface area contributed by atoms with Crippen LogP contribution < -0.4 is 20.1 Å². The summed E-state index contributed by atoms with van der Waals surface area (Å²) in [6.45, 7) is 1.64. The number of hydrogen-bond acceptors (Lipinski definition) is 9. The Bertz CT molecular complexity index is 3830. The summed E-state index contributed by atoms with van der Waals surface area (Å²) in [5.74, 6) is -10.00. The van der Waals surface area contributed by atoms with Crippen molar-refractivity contribution in [3.05, 3.63) is 189 Å². The number of fused-ring (bicyclic) bond motifs is 4. The second kappa shape index (κ2) is 20.5. The van der Waals surface area contributed by atoms with Gasteiger partial charge in [-0.15, -0.1) is 0 Å². The van der Waals surface area contributed by atoms with E-state index >= 15 is 8.78 Å². The van der Waals surface area contributed by atoms with Crippen LogP contribution in [0.4, 0.5) is 35.1 Å². The number of hydrogen-bond donors (Lipinski definition) is 3. The van der Waals surface area contributed by atoms with Gasteiger partial charge in [-0.1, -0.05) is 36.4 Å². The minimum absolute atomic E-state index is 0.00348. The highest BCUT2D eigenvalue weighted by molar-refractivity contribution is 7.93. The zero-order valence-electron chi connectivity index (χ0n) is 40.3. The van der Waals surface area contributed by atoms with Crippen LogP contribution in [0.25, 0.3) is 44.1 Å². The van der Waals surface area contributed by atoms with Crippen molar-refractivity contribution in [3.63, 3.8) is 0 Å². The Morgan fingerprint density at radius 2 is 1.01 bits per heavy atom. The molecule has 20 heteroatoms. The minimum atomic E-state index is -2.85. The Hall–Kier alpha value is -7.97. The van der Waals surface area contributed by atoms with E-state index < -0.39 is 84.8 Å². The number of ether oxygens (including phenoxy) is 3. The first-order valence-corrected chi connectivity index (χ1v) is 26.3. The number of nitrogens with one attached hydrogen (secondary N) is 3. The Labute approximate surface area is 434 Å². The van der Waals surface area contributed by atoms with Gasteiger partial charge in [0.25, 0.3) is 11.8 Å². The molecule has 3 N–H and O–H groups in total. The summed E-state index contributed by atoms with van der Waals surface area (Å²) in [7, 11) is -2.85. The third kappa shape index (κ3) is 9.68. The van der Waals surface area contributed by atoms with Crippen LogP contribution >= 0.6 is 0 Å². The van der Waals surface area contributed by atoms with E-state index in [0.717, 1.165) is 29.3 Å². The number of rotatable bonds is 8. The molecule has 0 radical (unpaired) electrons. The van der Waals surface area contributed by atoms with Gasteiger partial charge in [0.1, 0.15) is 34.8 Å². The van der Waals surface area contributed by atoms with Crippen molar-refractivity contribution in [1.82, 2.24) is 20.6 Å². The van der Waals surface area contributed by atoms with Gasteiger partial charge in [-0.05, 0) is 66.1 Å². The van der Waals surface area contributed by atoms with E-state index in [0.29, 0.717) is 91.9 Å². The van der Waals surface area contributed by atoms with Crippen LogP contribution in [0.5, 0.6) is 11.5 Å². The van der Waals surface area contributed by atoms with Crippen molar-refractivity contribution >= 4 is 43.3 Å². The summed E-state index contributed by atoms with van der Waals surface area (Å²) in [4.78, 5) is 35.8. The lowest BCUT2D eigenvalue weighted by Gasteiger charge is -2.32. The molecule has 77 heavy (non-hydrogen) atoms. The fourth-order valence-corrected chi connectivity index (χ4v) is 12.3. The molecule has 0 bridgehead atoms. The van der Waals surface area contributed by atoms with Crippen molar-refractivity contribution < 1.29 is 63.1 Å². The molecule has 4 aliphatic rings. The molecule has 2 saturated heterocycles. The van der Waals surface area contributed by atoms with Crippen molar-refractivity contribution in [1.29, 1.82) is 4.78 Å². The van der Waals surface area contributed by atoms with Gasteiger partial charge in [0.15, 0.2) is 23.3 Å². The zero-order valence-corrected chi connectivity index (χ0v) is 41.2. The molecule has 3 unspecified atom stereocenters. The molecule has 0 saturated carbocycles. The highest BCUT2D eigenvalue weighted by Gasteiger charge is 2.37. The van der Waals surface area contributed by atoms with Crippen molar-refractivity contribution in [3.8, 4) is 33.8 Å². The van der Waals surface area contributed by atoms with Gasteiger partial charge in [-0.3, -0.25) is 24.3 Å². The molecule has 3 atom stereocenters. The maximum atomic E-state index is 15.1. The third-order valence-electron chi connectivity index (χ3n) is 14.3. The van der Waals surface area contributed by atoms with Crippen molar-refractivity contribution in [2.45, 2.75) is 43.2 Å². The molecule has 11 nitrogen and oxygen atoms in total. The first-order chi connectivity index (χ1) is 37.0. The fraction of sp³-hybridized carbons (Fsp3) is 0.228. The van der Waals surface area contributed by atoms with Crippen LogP contribution in [0, 0.1) is 51.3 Å². The third-order valence-corrected chi connectivity index (χ3v) is 16.2. The topological polar surface area (TPSA) is 153 Å². The number of halogens is 8. The summed E-state index contributed by atoms with van der Waals surface area (Å²) in [5.41, 5.74) is 0.865. The van der Waals surface area contributed by atoms with E-state index in [-0.39, 0.29) is 68.5 Å². The average Bonchev–Trinajstić information content (AvgIpc) is 3.97. The van der Waals surface area contributed by atoms with Gasteiger partial charge in [0.05, 0.1) is 54.1 Å². The predicted molar refractivity (Wildman–Crippen MR) is 269 cm³/mol. The van der Waals surface area contributed by atoms with E-state index in [2.05, 4.69) is 20.6 Å². The van der Waals surface area contributed by atoms with Gasteiger partial charge >= 0.3 is 0 Å². The Kier molecular flexibility index (Phi) is 13.6. The molecule has 0 spiro atoms. The number of aromatic nitrogens is 2. The van der Waals surface area contributed by atoms with Gasteiger partial charge < -0.3 is 24.8 Å². The lowest BCUT2D eigenvalue weighted by molar-refractivity contribution is 0.0914. The molecule has 0 aliphatic carbocycles. The van der Waals surface area contributed by atoms with Crippen LogP contribution in [-0.4, -0.2) is 63.9 Å². The van der Waals surface area contributed by atoms with E-state index in [4.69, 9.17) is 19.0 Å². The molecule has 2 aromatic heterocycles. The molecule has 6 heterocycles. The van der Waals surface area contributed by atoms with Crippen LogP contribution in [0.3, 0.4) is 0 Å². The molecule has 4 aliphatic heterocycles. The number of benzene rings is 6. The molecule has 12 rings (SSSR count). The van der Waals surface area contributed by atoms with E-state index in [1.807, 2.05) is 42.5 Å². The molecule has 2 fully saturated rings. The zero-order chi connectivity index (χ0) is 53.9. The molecule has 6 aromatic carbocycles. The number of amides is 2. The van der Waals surface area contributed by atoms with Gasteiger partial charge in [0, 0.05) is 121 Å².